The zero-order valence-corrected chi connectivity index (χ0v) is 27.4. The summed E-state index contributed by atoms with van der Waals surface area (Å²) < 4.78 is 40.0. The number of piperidine rings is 1. The van der Waals surface area contributed by atoms with Gasteiger partial charge >= 0.3 is 12.1 Å². The van der Waals surface area contributed by atoms with Crippen LogP contribution < -0.4 is 0 Å². The summed E-state index contributed by atoms with van der Waals surface area (Å²) in [6.07, 6.45) is 6.81. The Bertz CT molecular complexity index is 1300. The molecule has 0 unspecified atom stereocenters. The number of sulfonamides is 1. The Morgan fingerprint density at radius 3 is 2.43 bits per heavy atom. The number of amides is 1. The van der Waals surface area contributed by atoms with Gasteiger partial charge in [0, 0.05) is 45.2 Å². The number of carbonyl (C=O) groups is 2. The SMILES string of the molecule is C/C(=C\c1cccc(S(=O)(=O)N2CCCCC2)c1)[C@H]1OC(=O)C[C@H](O)CC[C@H](C)[C@@H](OC(=O)N2CCN(C)CC2)/C=C\[C@@H]1C. The molecule has 3 heterocycles. The monoisotopic (exact) mass is 631 g/mol. The van der Waals surface area contributed by atoms with Crippen LogP contribution in [-0.4, -0.2) is 104 Å². The summed E-state index contributed by atoms with van der Waals surface area (Å²) in [6, 6.07) is 6.83. The molecular weight excluding hydrogens is 582 g/mol. The summed E-state index contributed by atoms with van der Waals surface area (Å²) in [5, 5.41) is 10.6. The molecule has 5 atom stereocenters. The number of rotatable bonds is 5. The number of aliphatic hydroxyl groups excluding tert-OH is 1. The van der Waals surface area contributed by atoms with Crippen molar-refractivity contribution in [3.8, 4) is 0 Å². The highest BCUT2D eigenvalue weighted by Gasteiger charge is 2.30. The average molecular weight is 632 g/mol. The second-order valence-electron chi connectivity index (χ2n) is 12.6. The van der Waals surface area contributed by atoms with Crippen LogP contribution in [0.2, 0.25) is 0 Å². The van der Waals surface area contributed by atoms with Gasteiger partial charge in [-0.3, -0.25) is 4.79 Å². The van der Waals surface area contributed by atoms with Crippen molar-refractivity contribution in [1.29, 1.82) is 0 Å². The van der Waals surface area contributed by atoms with E-state index in [4.69, 9.17) is 9.47 Å². The molecular formula is C33H49N3O7S. The molecule has 0 aliphatic carbocycles. The smallest absolute Gasteiger partial charge is 0.410 e. The molecule has 3 aliphatic heterocycles. The zero-order valence-electron chi connectivity index (χ0n) is 26.6. The number of aliphatic hydroxyl groups is 1. The summed E-state index contributed by atoms with van der Waals surface area (Å²) in [4.78, 5) is 30.1. The molecule has 0 saturated carbocycles. The number of likely N-dealkylation sites (N-methyl/N-ethyl adjacent to an activating group) is 1. The Balaban J connectivity index is 1.56. The van der Waals surface area contributed by atoms with Gasteiger partial charge in [-0.25, -0.2) is 13.2 Å². The second kappa shape index (κ2) is 15.5. The molecule has 11 heteroatoms. The average Bonchev–Trinajstić information content (AvgIpc) is 3.00. The Kier molecular flexibility index (Phi) is 12.0. The lowest BCUT2D eigenvalue weighted by Crippen LogP contribution is -2.48. The Morgan fingerprint density at radius 2 is 1.73 bits per heavy atom. The van der Waals surface area contributed by atoms with Crippen LogP contribution in [0.25, 0.3) is 6.08 Å². The third-order valence-electron chi connectivity index (χ3n) is 8.91. The van der Waals surface area contributed by atoms with E-state index in [1.165, 1.54) is 0 Å². The van der Waals surface area contributed by atoms with Crippen LogP contribution in [0.15, 0.2) is 46.9 Å². The van der Waals surface area contributed by atoms with E-state index in [-0.39, 0.29) is 29.2 Å². The zero-order chi connectivity index (χ0) is 31.9. The Morgan fingerprint density at radius 1 is 1.02 bits per heavy atom. The van der Waals surface area contributed by atoms with E-state index in [1.807, 2.05) is 52.1 Å². The molecule has 10 nitrogen and oxygen atoms in total. The number of piperazine rings is 1. The highest BCUT2D eigenvalue weighted by Crippen LogP contribution is 2.27. The van der Waals surface area contributed by atoms with Crippen LogP contribution in [0.5, 0.6) is 0 Å². The number of carbonyl (C=O) groups excluding carboxylic acids is 2. The van der Waals surface area contributed by atoms with Crippen molar-refractivity contribution in [1.82, 2.24) is 14.1 Å². The second-order valence-corrected chi connectivity index (χ2v) is 14.6. The van der Waals surface area contributed by atoms with E-state index >= 15 is 0 Å². The van der Waals surface area contributed by atoms with Crippen molar-refractivity contribution in [3.05, 3.63) is 47.6 Å². The molecule has 3 aliphatic rings. The molecule has 0 spiro atoms. The lowest BCUT2D eigenvalue weighted by Gasteiger charge is -2.33. The van der Waals surface area contributed by atoms with E-state index in [1.54, 1.807) is 27.4 Å². The van der Waals surface area contributed by atoms with Gasteiger partial charge < -0.3 is 24.4 Å². The molecule has 0 bridgehead atoms. The maximum atomic E-state index is 13.3. The number of benzene rings is 1. The van der Waals surface area contributed by atoms with E-state index in [0.29, 0.717) is 44.6 Å². The molecule has 1 N–H and O–H groups in total. The molecule has 44 heavy (non-hydrogen) atoms. The van der Waals surface area contributed by atoms with Crippen molar-refractivity contribution in [2.75, 3.05) is 46.3 Å². The predicted octanol–water partition coefficient (Wildman–Crippen LogP) is 4.30. The van der Waals surface area contributed by atoms with Crippen LogP contribution in [0.3, 0.4) is 0 Å². The predicted molar refractivity (Wildman–Crippen MR) is 169 cm³/mol. The summed E-state index contributed by atoms with van der Waals surface area (Å²) in [7, 11) is -1.57. The fourth-order valence-corrected chi connectivity index (χ4v) is 7.57. The van der Waals surface area contributed by atoms with Gasteiger partial charge in [-0.2, -0.15) is 4.31 Å². The lowest BCUT2D eigenvalue weighted by atomic mass is 9.91. The van der Waals surface area contributed by atoms with Gasteiger partial charge in [-0.1, -0.05) is 44.6 Å². The van der Waals surface area contributed by atoms with Crippen molar-refractivity contribution in [3.63, 3.8) is 0 Å². The summed E-state index contributed by atoms with van der Waals surface area (Å²) in [6.45, 7) is 9.62. The van der Waals surface area contributed by atoms with Gasteiger partial charge in [0.2, 0.25) is 10.0 Å². The van der Waals surface area contributed by atoms with E-state index < -0.39 is 34.3 Å². The highest BCUT2D eigenvalue weighted by molar-refractivity contribution is 7.89. The van der Waals surface area contributed by atoms with E-state index in [9.17, 15) is 23.1 Å². The van der Waals surface area contributed by atoms with Crippen molar-refractivity contribution >= 4 is 28.2 Å². The van der Waals surface area contributed by atoms with E-state index in [2.05, 4.69) is 4.90 Å². The number of hydrogen-bond acceptors (Lipinski definition) is 8. The van der Waals surface area contributed by atoms with Crippen molar-refractivity contribution in [2.45, 2.75) is 82.5 Å². The molecule has 4 rings (SSSR count). The maximum Gasteiger partial charge on any atom is 0.410 e. The number of esters is 1. The molecule has 1 aromatic carbocycles. The van der Waals surface area contributed by atoms with Crippen LogP contribution in [0, 0.1) is 11.8 Å². The van der Waals surface area contributed by atoms with Gasteiger partial charge in [0.25, 0.3) is 0 Å². The molecule has 0 radical (unpaired) electrons. The van der Waals surface area contributed by atoms with Gasteiger partial charge in [-0.05, 0) is 74.9 Å². The molecule has 1 amide bonds. The number of hydrogen-bond donors (Lipinski definition) is 1. The van der Waals surface area contributed by atoms with Crippen molar-refractivity contribution in [2.24, 2.45) is 11.8 Å². The highest BCUT2D eigenvalue weighted by atomic mass is 32.2. The van der Waals surface area contributed by atoms with Gasteiger partial charge in [0.1, 0.15) is 12.2 Å². The third-order valence-corrected chi connectivity index (χ3v) is 10.8. The van der Waals surface area contributed by atoms with E-state index in [0.717, 1.165) is 37.9 Å². The van der Waals surface area contributed by atoms with Crippen LogP contribution in [0.4, 0.5) is 4.79 Å². The van der Waals surface area contributed by atoms with Gasteiger partial charge in [0.15, 0.2) is 0 Å². The number of nitrogens with zero attached hydrogens (tertiary/aromatic N) is 3. The summed E-state index contributed by atoms with van der Waals surface area (Å²) in [5.74, 6) is -0.855. The molecule has 2 fully saturated rings. The standard InChI is InChI=1S/C33H49N3O7S/c1-24-11-13-28(37)23-31(38)43-32(25(2)12-14-30(24)42-33(39)35-19-17-34(4)18-20-35)26(3)21-27-9-8-10-29(22-27)44(40,41)36-15-6-5-7-16-36/h8-10,12,14,21-22,24-25,28,30,32,37H,5-7,11,13,15-20,23H2,1-4H3/b14-12-,26-21+/t24-,25-,28+,30-,32-/m0/s1. The minimum absolute atomic E-state index is 0.0698. The van der Waals surface area contributed by atoms with Crippen LogP contribution in [0.1, 0.15) is 64.9 Å². The minimum Gasteiger partial charge on any atom is -0.457 e. The first-order valence-electron chi connectivity index (χ1n) is 15.9. The van der Waals surface area contributed by atoms with Gasteiger partial charge in [-0.15, -0.1) is 0 Å². The first-order chi connectivity index (χ1) is 20.9. The summed E-state index contributed by atoms with van der Waals surface area (Å²) >= 11 is 0. The first-order valence-corrected chi connectivity index (χ1v) is 17.4. The quantitative estimate of drug-likeness (QED) is 0.378. The van der Waals surface area contributed by atoms with Gasteiger partial charge in [0.05, 0.1) is 17.4 Å². The third kappa shape index (κ3) is 9.15. The van der Waals surface area contributed by atoms with Crippen LogP contribution >= 0.6 is 0 Å². The summed E-state index contributed by atoms with van der Waals surface area (Å²) in [5.41, 5.74) is 1.42. The maximum absolute atomic E-state index is 13.3. The molecule has 2 saturated heterocycles. The topological polar surface area (TPSA) is 117 Å². The molecule has 244 valence electrons. The largest absolute Gasteiger partial charge is 0.457 e. The minimum atomic E-state index is -3.60. The number of ether oxygens (including phenoxy) is 2. The number of cyclic esters (lactones) is 1. The van der Waals surface area contributed by atoms with Crippen LogP contribution in [-0.2, 0) is 24.3 Å². The molecule has 0 aromatic heterocycles. The fraction of sp³-hybridized carbons (Fsp3) is 0.636. The Hall–Kier alpha value is -2.73. The lowest BCUT2D eigenvalue weighted by molar-refractivity contribution is -0.151. The Labute approximate surface area is 262 Å². The molecule has 1 aromatic rings. The fourth-order valence-electron chi connectivity index (χ4n) is 5.99. The van der Waals surface area contributed by atoms with Crippen molar-refractivity contribution < 1.29 is 32.6 Å². The first kappa shape index (κ1) is 34.1. The normalized spacial score (nSPS) is 29.7.